The number of hydrogen-bond acceptors (Lipinski definition) is 6. The highest BCUT2D eigenvalue weighted by atomic mass is 32.2. The summed E-state index contributed by atoms with van der Waals surface area (Å²) in [4.78, 5) is 11.0. The van der Waals surface area contributed by atoms with Gasteiger partial charge in [0, 0.05) is 29.5 Å². The Kier molecular flexibility index (Phi) is 5.32. The van der Waals surface area contributed by atoms with E-state index in [0.29, 0.717) is 18.9 Å². The summed E-state index contributed by atoms with van der Waals surface area (Å²) in [7, 11) is 1.65. The summed E-state index contributed by atoms with van der Waals surface area (Å²) in [5.74, 6) is 1.40. The fourth-order valence-corrected chi connectivity index (χ4v) is 3.54. The Labute approximate surface area is 161 Å². The maximum Gasteiger partial charge on any atom is 0.254 e. The highest BCUT2D eigenvalue weighted by molar-refractivity contribution is 7.99. The standard InChI is InChI=1S/C20H19N5OS/c1-26-13-16-11-19(25-20(24-16)22-14-23-25)21-12-15-7-9-18(10-8-15)27-17-5-3-2-4-6-17/h2-11,14,21H,12-13H2,1H3. The van der Waals surface area contributed by atoms with E-state index in [1.54, 1.807) is 23.4 Å². The number of anilines is 1. The smallest absolute Gasteiger partial charge is 0.254 e. The molecule has 0 unspecified atom stereocenters. The second kappa shape index (κ2) is 8.20. The largest absolute Gasteiger partial charge is 0.378 e. The van der Waals surface area contributed by atoms with Crippen LogP contribution in [-0.2, 0) is 17.9 Å². The monoisotopic (exact) mass is 377 g/mol. The number of nitrogens with one attached hydrogen (secondary N) is 1. The summed E-state index contributed by atoms with van der Waals surface area (Å²) < 4.78 is 6.88. The van der Waals surface area contributed by atoms with Crippen LogP contribution in [0.3, 0.4) is 0 Å². The molecule has 2 heterocycles. The number of hydrogen-bond donors (Lipinski definition) is 1. The van der Waals surface area contributed by atoms with Crippen LogP contribution in [0.2, 0.25) is 0 Å². The second-order valence-electron chi connectivity index (χ2n) is 5.95. The minimum absolute atomic E-state index is 0.434. The molecule has 4 aromatic rings. The Morgan fingerprint density at radius 2 is 1.81 bits per heavy atom. The lowest BCUT2D eigenvalue weighted by Gasteiger charge is -2.10. The topological polar surface area (TPSA) is 64.3 Å². The zero-order valence-corrected chi connectivity index (χ0v) is 15.7. The Balaban J connectivity index is 1.45. The molecule has 0 fully saturated rings. The highest BCUT2D eigenvalue weighted by Crippen LogP contribution is 2.27. The van der Waals surface area contributed by atoms with Gasteiger partial charge in [0.15, 0.2) is 0 Å². The van der Waals surface area contributed by atoms with Crippen LogP contribution in [0.1, 0.15) is 11.3 Å². The summed E-state index contributed by atoms with van der Waals surface area (Å²) >= 11 is 1.76. The molecule has 0 spiro atoms. The van der Waals surface area contributed by atoms with Gasteiger partial charge in [0.25, 0.3) is 5.78 Å². The van der Waals surface area contributed by atoms with Gasteiger partial charge >= 0.3 is 0 Å². The number of methoxy groups -OCH3 is 1. The predicted octanol–water partition coefficient (Wildman–Crippen LogP) is 4.03. The van der Waals surface area contributed by atoms with Gasteiger partial charge < -0.3 is 10.1 Å². The number of nitrogens with zero attached hydrogens (tertiary/aromatic N) is 4. The van der Waals surface area contributed by atoms with E-state index in [4.69, 9.17) is 4.74 Å². The van der Waals surface area contributed by atoms with E-state index in [1.807, 2.05) is 12.1 Å². The van der Waals surface area contributed by atoms with Gasteiger partial charge in [0.1, 0.15) is 12.1 Å². The van der Waals surface area contributed by atoms with Gasteiger partial charge in [-0.1, -0.05) is 42.1 Å². The first kappa shape index (κ1) is 17.5. The van der Waals surface area contributed by atoms with Crippen molar-refractivity contribution in [3.63, 3.8) is 0 Å². The first-order valence-corrected chi connectivity index (χ1v) is 9.38. The van der Waals surface area contributed by atoms with E-state index >= 15 is 0 Å². The van der Waals surface area contributed by atoms with Gasteiger partial charge in [-0.25, -0.2) is 4.98 Å². The van der Waals surface area contributed by atoms with Crippen molar-refractivity contribution in [3.8, 4) is 0 Å². The lowest BCUT2D eigenvalue weighted by atomic mass is 10.2. The number of fused-ring (bicyclic) bond motifs is 1. The number of aromatic nitrogens is 4. The molecular weight excluding hydrogens is 358 g/mol. The number of benzene rings is 2. The van der Waals surface area contributed by atoms with E-state index in [0.717, 1.165) is 11.5 Å². The van der Waals surface area contributed by atoms with Crippen LogP contribution < -0.4 is 5.32 Å². The molecule has 2 aromatic carbocycles. The van der Waals surface area contributed by atoms with Crippen molar-refractivity contribution >= 4 is 23.4 Å². The fraction of sp³-hybridized carbons (Fsp3) is 0.150. The van der Waals surface area contributed by atoms with Crippen molar-refractivity contribution in [3.05, 3.63) is 78.2 Å². The van der Waals surface area contributed by atoms with Gasteiger partial charge in [0.2, 0.25) is 0 Å². The molecule has 0 aliphatic carbocycles. The van der Waals surface area contributed by atoms with Crippen LogP contribution >= 0.6 is 11.8 Å². The van der Waals surface area contributed by atoms with Crippen LogP contribution in [0.4, 0.5) is 5.82 Å². The van der Waals surface area contributed by atoms with Crippen molar-refractivity contribution in [2.75, 3.05) is 12.4 Å². The van der Waals surface area contributed by atoms with Crippen LogP contribution in [0, 0.1) is 0 Å². The highest BCUT2D eigenvalue weighted by Gasteiger charge is 2.07. The van der Waals surface area contributed by atoms with E-state index in [1.165, 1.54) is 21.7 Å². The van der Waals surface area contributed by atoms with Crippen LogP contribution in [0.25, 0.3) is 5.78 Å². The van der Waals surface area contributed by atoms with Gasteiger partial charge in [-0.2, -0.15) is 14.6 Å². The average molecular weight is 377 g/mol. The molecule has 0 aliphatic heterocycles. The van der Waals surface area contributed by atoms with Gasteiger partial charge in [-0.05, 0) is 29.8 Å². The van der Waals surface area contributed by atoms with Gasteiger partial charge in [0.05, 0.1) is 12.3 Å². The molecule has 27 heavy (non-hydrogen) atoms. The molecule has 0 amide bonds. The van der Waals surface area contributed by atoms with Crippen molar-refractivity contribution in [1.82, 2.24) is 19.6 Å². The molecule has 2 aromatic heterocycles. The molecule has 4 rings (SSSR count). The average Bonchev–Trinajstić information content (AvgIpc) is 3.17. The zero-order valence-electron chi connectivity index (χ0n) is 14.9. The van der Waals surface area contributed by atoms with Gasteiger partial charge in [-0.15, -0.1) is 0 Å². The summed E-state index contributed by atoms with van der Waals surface area (Å²) in [6.45, 7) is 1.12. The second-order valence-corrected chi connectivity index (χ2v) is 7.10. The third-order valence-corrected chi connectivity index (χ3v) is 4.99. The lowest BCUT2D eigenvalue weighted by molar-refractivity contribution is 0.181. The van der Waals surface area contributed by atoms with Crippen molar-refractivity contribution in [2.45, 2.75) is 22.9 Å². The molecule has 6 nitrogen and oxygen atoms in total. The molecule has 0 aliphatic rings. The molecule has 1 N–H and O–H groups in total. The minimum atomic E-state index is 0.434. The number of ether oxygens (including phenoxy) is 1. The van der Waals surface area contributed by atoms with E-state index in [9.17, 15) is 0 Å². The molecule has 0 radical (unpaired) electrons. The van der Waals surface area contributed by atoms with Crippen molar-refractivity contribution < 1.29 is 4.74 Å². The zero-order chi connectivity index (χ0) is 18.5. The third kappa shape index (κ3) is 4.27. The van der Waals surface area contributed by atoms with Crippen LogP contribution in [-0.4, -0.2) is 26.7 Å². The maximum absolute atomic E-state index is 5.18. The van der Waals surface area contributed by atoms with Crippen LogP contribution in [0.15, 0.2) is 76.8 Å². The van der Waals surface area contributed by atoms with Crippen molar-refractivity contribution in [1.29, 1.82) is 0 Å². The normalized spacial score (nSPS) is 11.0. The van der Waals surface area contributed by atoms with Gasteiger partial charge in [-0.3, -0.25) is 0 Å². The molecule has 136 valence electrons. The molecule has 0 saturated carbocycles. The first-order chi connectivity index (χ1) is 13.3. The maximum atomic E-state index is 5.18. The first-order valence-electron chi connectivity index (χ1n) is 8.56. The lowest BCUT2D eigenvalue weighted by Crippen LogP contribution is -2.08. The van der Waals surface area contributed by atoms with E-state index in [2.05, 4.69) is 68.9 Å². The van der Waals surface area contributed by atoms with Crippen LogP contribution in [0.5, 0.6) is 0 Å². The minimum Gasteiger partial charge on any atom is -0.378 e. The summed E-state index contributed by atoms with van der Waals surface area (Å²) in [6.07, 6.45) is 1.50. The van der Waals surface area contributed by atoms with Crippen molar-refractivity contribution in [2.24, 2.45) is 0 Å². The third-order valence-electron chi connectivity index (χ3n) is 3.97. The predicted molar refractivity (Wildman–Crippen MR) is 106 cm³/mol. The van der Waals surface area contributed by atoms with E-state index in [-0.39, 0.29) is 0 Å². The quantitative estimate of drug-likeness (QED) is 0.524. The summed E-state index contributed by atoms with van der Waals surface area (Å²) in [5.41, 5.74) is 2.00. The molecule has 0 bridgehead atoms. The fourth-order valence-electron chi connectivity index (χ4n) is 2.70. The van der Waals surface area contributed by atoms with E-state index < -0.39 is 0 Å². The Morgan fingerprint density at radius 3 is 2.59 bits per heavy atom. The summed E-state index contributed by atoms with van der Waals surface area (Å²) in [5, 5.41) is 7.65. The summed E-state index contributed by atoms with van der Waals surface area (Å²) in [6, 6.07) is 20.9. The Hall–Kier alpha value is -2.90. The Morgan fingerprint density at radius 1 is 1.04 bits per heavy atom. The number of rotatable bonds is 7. The Bertz CT molecular complexity index is 1020. The molecule has 0 atom stereocenters. The molecule has 7 heteroatoms. The molecular formula is C20H19N5OS. The molecule has 0 saturated heterocycles. The SMILES string of the molecule is COCc1cc(NCc2ccc(Sc3ccccc3)cc2)n2ncnc2n1.